The van der Waals surface area contributed by atoms with Gasteiger partial charge in [-0.25, -0.2) is 4.98 Å². The van der Waals surface area contributed by atoms with Crippen molar-refractivity contribution < 1.29 is 14.6 Å². The number of likely N-dealkylation sites (tertiary alicyclic amines) is 1. The monoisotopic (exact) mass is 400 g/mol. The molecule has 1 saturated heterocycles. The van der Waals surface area contributed by atoms with Crippen molar-refractivity contribution in [3.63, 3.8) is 0 Å². The number of aliphatic hydroxyl groups is 1. The van der Waals surface area contributed by atoms with Crippen LogP contribution in [0.5, 0.6) is 5.88 Å². The smallest absolute Gasteiger partial charge is 0.225 e. The molecule has 1 amide bonds. The molecule has 0 unspecified atom stereocenters. The van der Waals surface area contributed by atoms with Crippen molar-refractivity contribution in [3.05, 3.63) is 35.5 Å². The van der Waals surface area contributed by atoms with Crippen LogP contribution in [-0.2, 0) is 24.4 Å². The van der Waals surface area contributed by atoms with Gasteiger partial charge in [0.25, 0.3) is 0 Å². The standard InChI is InChI=1S/C20H28N6O3/c1-13(2)20(28)26-11-15(27)9-16(26)19-23-22-17-12-24(7-8-25(17)19)10-14-5-4-6-18(21-14)29-3/h4-6,13,15-16,27H,7-12H2,1-3H3/t15-,16+/m1/s1. The normalized spacial score (nSPS) is 22.2. The van der Waals surface area contributed by atoms with E-state index in [1.54, 1.807) is 12.0 Å². The molecular weight excluding hydrogens is 372 g/mol. The van der Waals surface area contributed by atoms with Crippen LogP contribution in [-0.4, -0.2) is 66.9 Å². The number of aliphatic hydroxyl groups excluding tert-OH is 1. The lowest BCUT2D eigenvalue weighted by molar-refractivity contribution is -0.135. The molecule has 2 atom stereocenters. The zero-order valence-electron chi connectivity index (χ0n) is 17.2. The number of nitrogens with zero attached hydrogens (tertiary/aromatic N) is 6. The molecule has 9 nitrogen and oxygen atoms in total. The van der Waals surface area contributed by atoms with E-state index >= 15 is 0 Å². The van der Waals surface area contributed by atoms with Crippen molar-refractivity contribution >= 4 is 5.91 Å². The Morgan fingerprint density at radius 2 is 2.14 bits per heavy atom. The van der Waals surface area contributed by atoms with E-state index in [-0.39, 0.29) is 17.9 Å². The highest BCUT2D eigenvalue weighted by atomic mass is 16.5. The van der Waals surface area contributed by atoms with Gasteiger partial charge in [-0.05, 0) is 6.07 Å². The maximum atomic E-state index is 12.6. The number of methoxy groups -OCH3 is 1. The lowest BCUT2D eigenvalue weighted by atomic mass is 10.1. The number of carbonyl (C=O) groups excluding carboxylic acids is 1. The summed E-state index contributed by atoms with van der Waals surface area (Å²) in [6.45, 7) is 7.08. The molecule has 0 bridgehead atoms. The van der Waals surface area contributed by atoms with Gasteiger partial charge in [0.1, 0.15) is 5.82 Å². The first kappa shape index (κ1) is 19.8. The highest BCUT2D eigenvalue weighted by molar-refractivity contribution is 5.78. The molecule has 1 N–H and O–H groups in total. The molecular formula is C20H28N6O3. The minimum absolute atomic E-state index is 0.0467. The van der Waals surface area contributed by atoms with Gasteiger partial charge in [0.15, 0.2) is 5.82 Å². The Labute approximate surface area is 170 Å². The van der Waals surface area contributed by atoms with Crippen LogP contribution >= 0.6 is 0 Å². The van der Waals surface area contributed by atoms with Gasteiger partial charge in [-0.3, -0.25) is 9.69 Å². The van der Waals surface area contributed by atoms with Crippen molar-refractivity contribution in [1.82, 2.24) is 29.5 Å². The van der Waals surface area contributed by atoms with Gasteiger partial charge in [0, 0.05) is 44.6 Å². The van der Waals surface area contributed by atoms with E-state index in [2.05, 4.69) is 24.6 Å². The van der Waals surface area contributed by atoms with Crippen LogP contribution in [0.15, 0.2) is 18.2 Å². The fraction of sp³-hybridized carbons (Fsp3) is 0.600. The summed E-state index contributed by atoms with van der Waals surface area (Å²) < 4.78 is 7.32. The van der Waals surface area contributed by atoms with E-state index in [1.807, 2.05) is 32.0 Å². The lowest BCUT2D eigenvalue weighted by Gasteiger charge is -2.30. The fourth-order valence-corrected chi connectivity index (χ4v) is 4.13. The summed E-state index contributed by atoms with van der Waals surface area (Å²) in [6.07, 6.45) is -0.0107. The van der Waals surface area contributed by atoms with Crippen molar-refractivity contribution in [2.24, 2.45) is 5.92 Å². The molecule has 0 aromatic carbocycles. The van der Waals surface area contributed by atoms with Crippen molar-refractivity contribution in [2.45, 2.75) is 52.0 Å². The molecule has 0 aliphatic carbocycles. The number of aromatic nitrogens is 4. The zero-order chi connectivity index (χ0) is 20.5. The van der Waals surface area contributed by atoms with Crippen LogP contribution in [0.3, 0.4) is 0 Å². The van der Waals surface area contributed by atoms with E-state index in [0.29, 0.717) is 31.9 Å². The van der Waals surface area contributed by atoms with Crippen molar-refractivity contribution in [1.29, 1.82) is 0 Å². The molecule has 4 rings (SSSR count). The van der Waals surface area contributed by atoms with Gasteiger partial charge in [-0.15, -0.1) is 10.2 Å². The molecule has 0 spiro atoms. The van der Waals surface area contributed by atoms with E-state index in [1.165, 1.54) is 0 Å². The largest absolute Gasteiger partial charge is 0.481 e. The first-order valence-electron chi connectivity index (χ1n) is 10.1. The quantitative estimate of drug-likeness (QED) is 0.799. The zero-order valence-corrected chi connectivity index (χ0v) is 17.2. The fourth-order valence-electron chi connectivity index (χ4n) is 4.13. The van der Waals surface area contributed by atoms with Crippen molar-refractivity contribution in [2.75, 3.05) is 20.2 Å². The van der Waals surface area contributed by atoms with Crippen LogP contribution in [0.1, 0.15) is 43.7 Å². The Morgan fingerprint density at radius 3 is 2.90 bits per heavy atom. The number of pyridine rings is 1. The predicted molar refractivity (Wildman–Crippen MR) is 105 cm³/mol. The van der Waals surface area contributed by atoms with E-state index in [9.17, 15) is 9.90 Å². The summed E-state index contributed by atoms with van der Waals surface area (Å²) in [5, 5.41) is 19.0. The van der Waals surface area contributed by atoms with Gasteiger partial charge in [0.2, 0.25) is 11.8 Å². The van der Waals surface area contributed by atoms with Gasteiger partial charge >= 0.3 is 0 Å². The minimum atomic E-state index is -0.519. The molecule has 1 fully saturated rings. The second kappa shape index (κ2) is 8.08. The number of ether oxygens (including phenoxy) is 1. The van der Waals surface area contributed by atoms with Crippen LogP contribution in [0.4, 0.5) is 0 Å². The van der Waals surface area contributed by atoms with Crippen LogP contribution in [0, 0.1) is 5.92 Å². The average molecular weight is 400 g/mol. The maximum absolute atomic E-state index is 12.6. The molecule has 0 saturated carbocycles. The van der Waals surface area contributed by atoms with Gasteiger partial charge < -0.3 is 19.3 Å². The molecule has 156 valence electrons. The summed E-state index contributed by atoms with van der Waals surface area (Å²) in [7, 11) is 1.62. The molecule has 4 heterocycles. The Hall–Kier alpha value is -2.52. The summed E-state index contributed by atoms with van der Waals surface area (Å²) in [6, 6.07) is 5.55. The number of β-amino-alcohol motifs (C(OH)–C–C–N with tert-alkyl or cyclic N) is 1. The minimum Gasteiger partial charge on any atom is -0.481 e. The number of carbonyl (C=O) groups is 1. The molecule has 2 aliphatic heterocycles. The van der Waals surface area contributed by atoms with E-state index < -0.39 is 6.10 Å². The Morgan fingerprint density at radius 1 is 1.31 bits per heavy atom. The molecule has 2 aromatic heterocycles. The number of hydrogen-bond donors (Lipinski definition) is 1. The Bertz CT molecular complexity index is 883. The topological polar surface area (TPSA) is 96.6 Å². The van der Waals surface area contributed by atoms with E-state index in [4.69, 9.17) is 4.74 Å². The second-order valence-electron chi connectivity index (χ2n) is 8.06. The molecule has 9 heteroatoms. The summed E-state index contributed by atoms with van der Waals surface area (Å²) in [5.41, 5.74) is 0.949. The Balaban J connectivity index is 1.50. The molecule has 29 heavy (non-hydrogen) atoms. The Kier molecular flexibility index (Phi) is 5.51. The summed E-state index contributed by atoms with van der Waals surface area (Å²) >= 11 is 0. The van der Waals surface area contributed by atoms with Crippen LogP contribution in [0.25, 0.3) is 0 Å². The SMILES string of the molecule is COc1cccc(CN2CCn3c(nnc3[C@@H]3C[C@@H](O)CN3C(=O)C(C)C)C2)n1. The summed E-state index contributed by atoms with van der Waals surface area (Å²) in [5.74, 6) is 2.21. The molecule has 2 aromatic rings. The molecule has 0 radical (unpaired) electrons. The van der Waals surface area contributed by atoms with Gasteiger partial charge in [-0.2, -0.15) is 0 Å². The highest BCUT2D eigenvalue weighted by Crippen LogP contribution is 2.33. The third-order valence-electron chi connectivity index (χ3n) is 5.59. The van der Waals surface area contributed by atoms with Crippen molar-refractivity contribution in [3.8, 4) is 5.88 Å². The third kappa shape index (κ3) is 3.97. The highest BCUT2D eigenvalue weighted by Gasteiger charge is 2.39. The number of rotatable bonds is 5. The van der Waals surface area contributed by atoms with E-state index in [0.717, 1.165) is 30.4 Å². The van der Waals surface area contributed by atoms with Gasteiger partial charge in [0.05, 0.1) is 31.5 Å². The van der Waals surface area contributed by atoms with Crippen LogP contribution < -0.4 is 4.74 Å². The predicted octanol–water partition coefficient (Wildman–Crippen LogP) is 0.988. The first-order chi connectivity index (χ1) is 14.0. The third-order valence-corrected chi connectivity index (χ3v) is 5.59. The lowest BCUT2D eigenvalue weighted by Crippen LogP contribution is -2.38. The summed E-state index contributed by atoms with van der Waals surface area (Å²) in [4.78, 5) is 21.1. The average Bonchev–Trinajstić information content (AvgIpc) is 3.30. The number of hydrogen-bond acceptors (Lipinski definition) is 7. The van der Waals surface area contributed by atoms with Crippen LogP contribution in [0.2, 0.25) is 0 Å². The molecule has 2 aliphatic rings. The number of fused-ring (bicyclic) bond motifs is 1. The first-order valence-corrected chi connectivity index (χ1v) is 10.1. The second-order valence-corrected chi connectivity index (χ2v) is 8.06. The number of amides is 1. The maximum Gasteiger partial charge on any atom is 0.225 e. The van der Waals surface area contributed by atoms with Gasteiger partial charge in [-0.1, -0.05) is 19.9 Å².